The van der Waals surface area contributed by atoms with Crippen molar-refractivity contribution in [2.45, 2.75) is 38.1 Å². The Kier molecular flexibility index (Phi) is 6.33. The standard InChI is InChI=1S/C21H29N3O4S/c1-15-9-11-24(12-10-15)29(26,27)20-13-18(23(3)16(20)2)21(25)22-14-17-7-5-6-8-19(17)28-4/h5-8,13,15H,9-12,14H2,1-4H3,(H,22,25). The summed E-state index contributed by atoms with van der Waals surface area (Å²) in [5, 5.41) is 2.86. The molecule has 3 rings (SSSR count). The maximum atomic E-state index is 13.1. The minimum atomic E-state index is -3.62. The number of carbonyl (C=O) groups excluding carboxylic acids is 1. The third kappa shape index (κ3) is 4.33. The molecule has 0 bridgehead atoms. The Morgan fingerprint density at radius 1 is 1.24 bits per heavy atom. The molecule has 29 heavy (non-hydrogen) atoms. The summed E-state index contributed by atoms with van der Waals surface area (Å²) >= 11 is 0. The highest BCUT2D eigenvalue weighted by Gasteiger charge is 2.32. The van der Waals surface area contributed by atoms with Crippen molar-refractivity contribution in [1.82, 2.24) is 14.2 Å². The topological polar surface area (TPSA) is 80.6 Å². The van der Waals surface area contributed by atoms with Crippen LogP contribution in [0.15, 0.2) is 35.2 Å². The summed E-state index contributed by atoms with van der Waals surface area (Å²) in [6.07, 6.45) is 1.72. The summed E-state index contributed by atoms with van der Waals surface area (Å²) in [4.78, 5) is 13.0. The molecule has 0 unspecified atom stereocenters. The average molecular weight is 420 g/mol. The first-order chi connectivity index (χ1) is 13.8. The van der Waals surface area contributed by atoms with Gasteiger partial charge in [-0.3, -0.25) is 4.79 Å². The van der Waals surface area contributed by atoms with Gasteiger partial charge in [-0.15, -0.1) is 0 Å². The number of benzene rings is 1. The number of methoxy groups -OCH3 is 1. The van der Waals surface area contributed by atoms with Gasteiger partial charge in [-0.05, 0) is 37.8 Å². The molecule has 158 valence electrons. The Hall–Kier alpha value is -2.32. The van der Waals surface area contributed by atoms with Gasteiger partial charge >= 0.3 is 0 Å². The first kappa shape index (κ1) is 21.4. The van der Waals surface area contributed by atoms with Crippen LogP contribution in [0, 0.1) is 12.8 Å². The van der Waals surface area contributed by atoms with E-state index in [2.05, 4.69) is 12.2 Å². The molecule has 1 amide bonds. The third-order valence-corrected chi connectivity index (χ3v) is 7.73. The van der Waals surface area contributed by atoms with Crippen LogP contribution in [-0.2, 0) is 23.6 Å². The number of piperidine rings is 1. The van der Waals surface area contributed by atoms with Gasteiger partial charge in [0, 0.05) is 37.9 Å². The smallest absolute Gasteiger partial charge is 0.268 e. The van der Waals surface area contributed by atoms with Crippen molar-refractivity contribution in [2.75, 3.05) is 20.2 Å². The number of para-hydroxylation sites is 1. The molecular formula is C21H29N3O4S. The zero-order valence-electron chi connectivity index (χ0n) is 17.4. The maximum absolute atomic E-state index is 13.1. The predicted octanol–water partition coefficient (Wildman–Crippen LogP) is 2.69. The van der Waals surface area contributed by atoms with Crippen LogP contribution in [0.25, 0.3) is 0 Å². The zero-order valence-corrected chi connectivity index (χ0v) is 18.3. The quantitative estimate of drug-likeness (QED) is 0.781. The summed E-state index contributed by atoms with van der Waals surface area (Å²) in [6, 6.07) is 8.94. The van der Waals surface area contributed by atoms with Gasteiger partial charge in [-0.1, -0.05) is 25.1 Å². The fraction of sp³-hybridized carbons (Fsp3) is 0.476. The van der Waals surface area contributed by atoms with Gasteiger partial charge in [-0.2, -0.15) is 4.31 Å². The van der Waals surface area contributed by atoms with E-state index in [1.807, 2.05) is 24.3 Å². The normalized spacial score (nSPS) is 16.0. The van der Waals surface area contributed by atoms with E-state index in [1.54, 1.807) is 25.6 Å². The fourth-order valence-electron chi connectivity index (χ4n) is 3.63. The van der Waals surface area contributed by atoms with Gasteiger partial charge in [0.2, 0.25) is 10.0 Å². The van der Waals surface area contributed by atoms with Crippen LogP contribution in [0.1, 0.15) is 41.5 Å². The van der Waals surface area contributed by atoms with Crippen LogP contribution < -0.4 is 10.1 Å². The molecule has 0 spiro atoms. The Bertz CT molecular complexity index is 989. The van der Waals surface area contributed by atoms with Crippen LogP contribution in [0.4, 0.5) is 0 Å². The van der Waals surface area contributed by atoms with Gasteiger partial charge in [0.1, 0.15) is 16.3 Å². The minimum absolute atomic E-state index is 0.206. The lowest BCUT2D eigenvalue weighted by atomic mass is 10.0. The van der Waals surface area contributed by atoms with E-state index < -0.39 is 10.0 Å². The van der Waals surface area contributed by atoms with E-state index in [9.17, 15) is 13.2 Å². The molecule has 7 nitrogen and oxygen atoms in total. The molecule has 1 aromatic heterocycles. The lowest BCUT2D eigenvalue weighted by molar-refractivity contribution is 0.0942. The minimum Gasteiger partial charge on any atom is -0.496 e. The van der Waals surface area contributed by atoms with Crippen LogP contribution in [0.3, 0.4) is 0 Å². The molecule has 1 aliphatic heterocycles. The van der Waals surface area contributed by atoms with E-state index >= 15 is 0 Å². The number of hydrogen-bond acceptors (Lipinski definition) is 4. The number of hydrogen-bond donors (Lipinski definition) is 1. The van der Waals surface area contributed by atoms with E-state index in [4.69, 9.17) is 4.74 Å². The lowest BCUT2D eigenvalue weighted by Gasteiger charge is -2.29. The zero-order chi connectivity index (χ0) is 21.2. The molecule has 0 radical (unpaired) electrons. The SMILES string of the molecule is COc1ccccc1CNC(=O)c1cc(S(=O)(=O)N2CCC(C)CC2)c(C)n1C. The second-order valence-corrected chi connectivity index (χ2v) is 9.53. The number of nitrogens with one attached hydrogen (secondary N) is 1. The molecule has 2 heterocycles. The number of aromatic nitrogens is 1. The Morgan fingerprint density at radius 3 is 2.55 bits per heavy atom. The summed E-state index contributed by atoms with van der Waals surface area (Å²) < 4.78 is 34.7. The molecule has 1 aliphatic rings. The van der Waals surface area contributed by atoms with E-state index in [1.165, 1.54) is 10.4 Å². The summed E-state index contributed by atoms with van der Waals surface area (Å²) in [5.41, 5.74) is 1.73. The van der Waals surface area contributed by atoms with Crippen LogP contribution >= 0.6 is 0 Å². The molecule has 8 heteroatoms. The predicted molar refractivity (Wildman–Crippen MR) is 111 cm³/mol. The first-order valence-corrected chi connectivity index (χ1v) is 11.3. The van der Waals surface area contributed by atoms with Gasteiger partial charge in [-0.25, -0.2) is 8.42 Å². The second-order valence-electron chi connectivity index (χ2n) is 7.62. The second kappa shape index (κ2) is 8.59. The van der Waals surface area contributed by atoms with Crippen molar-refractivity contribution in [2.24, 2.45) is 13.0 Å². The van der Waals surface area contributed by atoms with Gasteiger partial charge in [0.15, 0.2) is 0 Å². The van der Waals surface area contributed by atoms with Gasteiger partial charge in [0.05, 0.1) is 7.11 Å². The Labute approximate surface area is 172 Å². The van der Waals surface area contributed by atoms with Crippen molar-refractivity contribution in [3.63, 3.8) is 0 Å². The molecule has 0 atom stereocenters. The lowest BCUT2D eigenvalue weighted by Crippen LogP contribution is -2.38. The Morgan fingerprint density at radius 2 is 1.90 bits per heavy atom. The number of amides is 1. The van der Waals surface area contributed by atoms with Crippen molar-refractivity contribution >= 4 is 15.9 Å². The summed E-state index contributed by atoms with van der Waals surface area (Å²) in [6.45, 7) is 5.21. The van der Waals surface area contributed by atoms with Gasteiger partial charge in [0.25, 0.3) is 5.91 Å². The van der Waals surface area contributed by atoms with Gasteiger partial charge < -0.3 is 14.6 Å². The third-order valence-electron chi connectivity index (χ3n) is 5.71. The van der Waals surface area contributed by atoms with E-state index in [0.29, 0.717) is 42.7 Å². The summed E-state index contributed by atoms with van der Waals surface area (Å²) in [5.74, 6) is 0.906. The Balaban J connectivity index is 1.80. The molecular weight excluding hydrogens is 390 g/mol. The number of rotatable bonds is 6. The maximum Gasteiger partial charge on any atom is 0.268 e. The van der Waals surface area contributed by atoms with Crippen molar-refractivity contribution in [3.8, 4) is 5.75 Å². The molecule has 1 aromatic carbocycles. The van der Waals surface area contributed by atoms with E-state index in [0.717, 1.165) is 18.4 Å². The highest BCUT2D eigenvalue weighted by molar-refractivity contribution is 7.89. The molecule has 0 aliphatic carbocycles. The fourth-order valence-corrected chi connectivity index (χ4v) is 5.37. The van der Waals surface area contributed by atoms with Crippen molar-refractivity contribution in [1.29, 1.82) is 0 Å². The largest absolute Gasteiger partial charge is 0.496 e. The number of sulfonamides is 1. The molecule has 1 N–H and O–H groups in total. The highest BCUT2D eigenvalue weighted by atomic mass is 32.2. The van der Waals surface area contributed by atoms with Crippen molar-refractivity contribution in [3.05, 3.63) is 47.3 Å². The molecule has 0 saturated carbocycles. The summed E-state index contributed by atoms with van der Waals surface area (Å²) in [7, 11) is -0.321. The first-order valence-electron chi connectivity index (χ1n) is 9.82. The van der Waals surface area contributed by atoms with E-state index in [-0.39, 0.29) is 10.8 Å². The number of ether oxygens (including phenoxy) is 1. The number of carbonyl (C=O) groups is 1. The van der Waals surface area contributed by atoms with Crippen LogP contribution in [-0.4, -0.2) is 43.4 Å². The van der Waals surface area contributed by atoms with Crippen LogP contribution in [0.5, 0.6) is 5.75 Å². The molecule has 1 saturated heterocycles. The molecule has 2 aromatic rings. The van der Waals surface area contributed by atoms with Crippen LogP contribution in [0.2, 0.25) is 0 Å². The molecule has 1 fully saturated rings. The number of nitrogens with zero attached hydrogens (tertiary/aromatic N) is 2. The monoisotopic (exact) mass is 419 g/mol. The average Bonchev–Trinajstić information content (AvgIpc) is 3.02. The highest BCUT2D eigenvalue weighted by Crippen LogP contribution is 2.27. The van der Waals surface area contributed by atoms with Crippen molar-refractivity contribution < 1.29 is 17.9 Å².